The first-order valence-electron chi connectivity index (χ1n) is 4.76. The van der Waals surface area contributed by atoms with Gasteiger partial charge >= 0.3 is 5.97 Å². The number of nitrogens with two attached hydrogens (primary N) is 1. The molecule has 86 valence electrons. The van der Waals surface area contributed by atoms with E-state index in [1.54, 1.807) is 12.4 Å². The Balaban J connectivity index is 2.31. The third-order valence-corrected chi connectivity index (χ3v) is 2.01. The van der Waals surface area contributed by atoms with E-state index in [2.05, 4.69) is 10.3 Å². The Labute approximate surface area is 92.5 Å². The Morgan fingerprint density at radius 3 is 2.62 bits per heavy atom. The van der Waals surface area contributed by atoms with Gasteiger partial charge in [0.2, 0.25) is 5.91 Å². The molecule has 1 aromatic rings. The molecule has 0 aliphatic heterocycles. The van der Waals surface area contributed by atoms with E-state index in [0.29, 0.717) is 13.0 Å². The molecule has 0 radical (unpaired) electrons. The van der Waals surface area contributed by atoms with Crippen molar-refractivity contribution < 1.29 is 14.7 Å². The van der Waals surface area contributed by atoms with Gasteiger partial charge in [0.25, 0.3) is 0 Å². The molecule has 0 aliphatic rings. The van der Waals surface area contributed by atoms with Gasteiger partial charge in [-0.05, 0) is 24.1 Å². The van der Waals surface area contributed by atoms with E-state index < -0.39 is 17.9 Å². The summed E-state index contributed by atoms with van der Waals surface area (Å²) in [6, 6.07) is 2.14. The summed E-state index contributed by atoms with van der Waals surface area (Å²) in [6.45, 7) is 0.351. The second kappa shape index (κ2) is 5.82. The van der Waals surface area contributed by atoms with Crippen LogP contribution in [0.3, 0.4) is 0 Å². The first-order valence-corrected chi connectivity index (χ1v) is 4.76. The number of carboxylic acids is 1. The lowest BCUT2D eigenvalue weighted by atomic mass is 10.2. The monoisotopic (exact) mass is 223 g/mol. The molecule has 0 bridgehead atoms. The number of nitrogens with one attached hydrogen (secondary N) is 1. The Morgan fingerprint density at radius 2 is 2.06 bits per heavy atom. The summed E-state index contributed by atoms with van der Waals surface area (Å²) in [5.74, 6) is -2.01. The van der Waals surface area contributed by atoms with Crippen molar-refractivity contribution in [2.24, 2.45) is 5.73 Å². The predicted octanol–water partition coefficient (Wildman–Crippen LogP) is -0.848. The molecule has 6 heteroatoms. The lowest BCUT2D eigenvalue weighted by Gasteiger charge is -2.07. The minimum absolute atomic E-state index is 0.351. The van der Waals surface area contributed by atoms with Gasteiger partial charge in [-0.15, -0.1) is 0 Å². The van der Waals surface area contributed by atoms with Crippen LogP contribution in [-0.2, 0) is 16.0 Å². The summed E-state index contributed by atoms with van der Waals surface area (Å²) in [7, 11) is 0. The highest BCUT2D eigenvalue weighted by molar-refractivity contribution is 6.00. The van der Waals surface area contributed by atoms with Crippen molar-refractivity contribution >= 4 is 11.9 Å². The van der Waals surface area contributed by atoms with E-state index in [1.165, 1.54) is 0 Å². The van der Waals surface area contributed by atoms with Crippen molar-refractivity contribution in [3.8, 4) is 0 Å². The number of carbonyl (C=O) groups excluding carboxylic acids is 1. The average molecular weight is 223 g/mol. The van der Waals surface area contributed by atoms with Gasteiger partial charge in [-0.2, -0.15) is 0 Å². The van der Waals surface area contributed by atoms with Crippen molar-refractivity contribution in [3.05, 3.63) is 30.1 Å². The molecule has 0 aliphatic carbocycles. The van der Waals surface area contributed by atoms with E-state index in [0.717, 1.165) is 5.56 Å². The fourth-order valence-electron chi connectivity index (χ4n) is 1.10. The van der Waals surface area contributed by atoms with Crippen LogP contribution in [0.1, 0.15) is 5.56 Å². The first kappa shape index (κ1) is 12.1. The number of carboxylic acid groups (broad SMARTS) is 1. The molecule has 0 aromatic carbocycles. The molecule has 4 N–H and O–H groups in total. The number of rotatable bonds is 5. The largest absolute Gasteiger partial charge is 0.480 e. The molecule has 0 saturated heterocycles. The third-order valence-electron chi connectivity index (χ3n) is 2.01. The Morgan fingerprint density at radius 1 is 1.44 bits per heavy atom. The lowest BCUT2D eigenvalue weighted by molar-refractivity contribution is -0.142. The van der Waals surface area contributed by atoms with Crippen molar-refractivity contribution in [1.82, 2.24) is 10.3 Å². The van der Waals surface area contributed by atoms with E-state index in [-0.39, 0.29) is 0 Å². The topological polar surface area (TPSA) is 105 Å². The lowest BCUT2D eigenvalue weighted by Crippen LogP contribution is -2.46. The highest BCUT2D eigenvalue weighted by Gasteiger charge is 2.20. The van der Waals surface area contributed by atoms with Gasteiger partial charge < -0.3 is 16.2 Å². The van der Waals surface area contributed by atoms with Crippen LogP contribution in [0, 0.1) is 0 Å². The van der Waals surface area contributed by atoms with Gasteiger partial charge in [0.1, 0.15) is 0 Å². The van der Waals surface area contributed by atoms with Crippen LogP contribution in [-0.4, -0.2) is 34.6 Å². The number of amides is 1. The highest BCUT2D eigenvalue weighted by atomic mass is 16.4. The number of hydrogen-bond donors (Lipinski definition) is 3. The summed E-state index contributed by atoms with van der Waals surface area (Å²) < 4.78 is 0. The minimum Gasteiger partial charge on any atom is -0.480 e. The maximum absolute atomic E-state index is 11.1. The molecule has 16 heavy (non-hydrogen) atoms. The molecule has 1 amide bonds. The number of pyridine rings is 1. The molecule has 0 spiro atoms. The van der Waals surface area contributed by atoms with Gasteiger partial charge in [0.15, 0.2) is 6.04 Å². The fourth-order valence-corrected chi connectivity index (χ4v) is 1.10. The van der Waals surface area contributed by atoms with Crippen LogP contribution in [0.25, 0.3) is 0 Å². The predicted molar refractivity (Wildman–Crippen MR) is 56.6 cm³/mol. The van der Waals surface area contributed by atoms with E-state index >= 15 is 0 Å². The zero-order chi connectivity index (χ0) is 12.0. The molecule has 1 aromatic heterocycles. The summed E-state index contributed by atoms with van der Waals surface area (Å²) >= 11 is 0. The van der Waals surface area contributed by atoms with Crippen molar-refractivity contribution in [3.63, 3.8) is 0 Å². The van der Waals surface area contributed by atoms with Crippen LogP contribution in [0.4, 0.5) is 0 Å². The zero-order valence-corrected chi connectivity index (χ0v) is 8.59. The Kier molecular flexibility index (Phi) is 4.41. The number of aliphatic carboxylic acids is 1. The van der Waals surface area contributed by atoms with Gasteiger partial charge in [-0.1, -0.05) is 0 Å². The normalized spacial score (nSPS) is 11.8. The number of hydrogen-bond acceptors (Lipinski definition) is 4. The molecule has 1 unspecified atom stereocenters. The van der Waals surface area contributed by atoms with E-state index in [9.17, 15) is 9.59 Å². The maximum Gasteiger partial charge on any atom is 0.330 e. The molecule has 0 saturated carbocycles. The van der Waals surface area contributed by atoms with Gasteiger partial charge in [-0.25, -0.2) is 4.79 Å². The average Bonchev–Trinajstić information content (AvgIpc) is 2.29. The van der Waals surface area contributed by atoms with Crippen LogP contribution < -0.4 is 11.1 Å². The third kappa shape index (κ3) is 3.66. The molecule has 1 rings (SSSR count). The van der Waals surface area contributed by atoms with Crippen LogP contribution in [0.2, 0.25) is 0 Å². The van der Waals surface area contributed by atoms with Gasteiger partial charge in [0, 0.05) is 18.9 Å². The maximum atomic E-state index is 11.1. The van der Waals surface area contributed by atoms with Crippen LogP contribution >= 0.6 is 0 Å². The summed E-state index contributed by atoms with van der Waals surface area (Å²) in [5.41, 5.74) is 6.13. The number of aromatic nitrogens is 1. The van der Waals surface area contributed by atoms with Crippen molar-refractivity contribution in [2.45, 2.75) is 12.5 Å². The number of carbonyl (C=O) groups is 2. The van der Waals surface area contributed by atoms with Gasteiger partial charge in [0.05, 0.1) is 0 Å². The van der Waals surface area contributed by atoms with E-state index in [1.807, 2.05) is 12.1 Å². The zero-order valence-electron chi connectivity index (χ0n) is 8.59. The van der Waals surface area contributed by atoms with E-state index in [4.69, 9.17) is 10.8 Å². The molecule has 1 atom stereocenters. The minimum atomic E-state index is -1.50. The Hall–Kier alpha value is -1.95. The first-order chi connectivity index (χ1) is 7.61. The number of nitrogens with zero attached hydrogens (tertiary/aromatic N) is 1. The Bertz CT molecular complexity index is 367. The molecule has 6 nitrogen and oxygen atoms in total. The van der Waals surface area contributed by atoms with Gasteiger partial charge in [-0.3, -0.25) is 9.78 Å². The molecule has 1 heterocycles. The SMILES string of the molecule is NC(C(=O)O)C(=O)NCCc1ccncc1. The smallest absolute Gasteiger partial charge is 0.330 e. The second-order valence-electron chi connectivity index (χ2n) is 3.21. The molecular weight excluding hydrogens is 210 g/mol. The van der Waals surface area contributed by atoms with Crippen molar-refractivity contribution in [2.75, 3.05) is 6.54 Å². The quantitative estimate of drug-likeness (QED) is 0.564. The molecular formula is C10H13N3O3. The summed E-state index contributed by atoms with van der Waals surface area (Å²) in [5, 5.41) is 10.9. The fraction of sp³-hybridized carbons (Fsp3) is 0.300. The highest BCUT2D eigenvalue weighted by Crippen LogP contribution is 1.95. The van der Waals surface area contributed by atoms with Crippen molar-refractivity contribution in [1.29, 1.82) is 0 Å². The molecule has 0 fully saturated rings. The second-order valence-corrected chi connectivity index (χ2v) is 3.21. The van der Waals surface area contributed by atoms with Crippen LogP contribution in [0.5, 0.6) is 0 Å². The summed E-state index contributed by atoms with van der Waals surface area (Å²) in [6.07, 6.45) is 3.92. The van der Waals surface area contributed by atoms with Crippen LogP contribution in [0.15, 0.2) is 24.5 Å². The standard InChI is InChI=1S/C10H13N3O3/c11-8(10(15)16)9(14)13-6-3-7-1-4-12-5-2-7/h1-2,4-5,8H,3,6,11H2,(H,13,14)(H,15,16). The summed E-state index contributed by atoms with van der Waals surface area (Å²) in [4.78, 5) is 25.4.